The van der Waals surface area contributed by atoms with Crippen LogP contribution in [0, 0.1) is 0 Å². The summed E-state index contributed by atoms with van der Waals surface area (Å²) >= 11 is 0. The number of hydrogen-bond acceptors (Lipinski definition) is 4. The highest BCUT2D eigenvalue weighted by Gasteiger charge is 2.72. The zero-order valence-electron chi connectivity index (χ0n) is 19.0. The second-order valence-electron chi connectivity index (χ2n) is 8.11. The molecule has 0 heterocycles. The van der Waals surface area contributed by atoms with Crippen molar-refractivity contribution in [1.82, 2.24) is 0 Å². The minimum atomic E-state index is -5.73. The van der Waals surface area contributed by atoms with Crippen LogP contribution >= 0.6 is 0 Å². The fourth-order valence-corrected chi connectivity index (χ4v) is 3.90. The van der Waals surface area contributed by atoms with Gasteiger partial charge in [-0.25, -0.2) is 0 Å². The molecular formula is C27H20F6N2O2. The fraction of sp³-hybridized carbons (Fsp3) is 0.111. The molecule has 0 fully saturated rings. The first-order valence-corrected chi connectivity index (χ1v) is 10.8. The van der Waals surface area contributed by atoms with Gasteiger partial charge in [0.05, 0.1) is 5.69 Å². The molecule has 4 aromatic rings. The molecule has 10 heteroatoms. The third-order valence-electron chi connectivity index (χ3n) is 5.69. The van der Waals surface area contributed by atoms with Crippen molar-refractivity contribution in [3.63, 3.8) is 0 Å². The minimum absolute atomic E-state index is 0.0205. The molecule has 0 aliphatic carbocycles. The van der Waals surface area contributed by atoms with Gasteiger partial charge in [-0.05, 0) is 71.8 Å². The monoisotopic (exact) mass is 518 g/mol. The van der Waals surface area contributed by atoms with Crippen molar-refractivity contribution in [1.29, 1.82) is 0 Å². The number of ether oxygens (including phenoxy) is 2. The molecule has 0 radical (unpaired) electrons. The molecule has 37 heavy (non-hydrogen) atoms. The van der Waals surface area contributed by atoms with Crippen molar-refractivity contribution in [3.05, 3.63) is 108 Å². The standard InChI is InChI=1S/C27H20F6N2O2/c28-26(29,30)25(27(31,32)33,17-5-11-20(12-6-17)36-21-15-9-19(34)10-16-21)18-7-13-22(14-8-18)37-24-4-2-1-3-23(24)35/h1-16H,34-35H2. The van der Waals surface area contributed by atoms with Gasteiger partial charge < -0.3 is 20.9 Å². The molecule has 0 saturated heterocycles. The molecule has 0 bridgehead atoms. The van der Waals surface area contributed by atoms with E-state index >= 15 is 0 Å². The summed E-state index contributed by atoms with van der Waals surface area (Å²) in [7, 11) is 0. The number of anilines is 2. The molecule has 0 saturated carbocycles. The Morgan fingerprint density at radius 2 is 0.892 bits per heavy atom. The van der Waals surface area contributed by atoms with Crippen LogP contribution in [0.25, 0.3) is 0 Å². The van der Waals surface area contributed by atoms with Crippen LogP contribution in [0.4, 0.5) is 37.7 Å². The van der Waals surface area contributed by atoms with Crippen molar-refractivity contribution in [2.24, 2.45) is 0 Å². The topological polar surface area (TPSA) is 70.5 Å². The number of halogens is 6. The van der Waals surface area contributed by atoms with Gasteiger partial charge in [-0.1, -0.05) is 36.4 Å². The summed E-state index contributed by atoms with van der Waals surface area (Å²) < 4.78 is 97.5. The van der Waals surface area contributed by atoms with E-state index in [1.807, 2.05) is 0 Å². The number of nitrogens with two attached hydrogens (primary N) is 2. The van der Waals surface area contributed by atoms with E-state index in [0.29, 0.717) is 11.4 Å². The molecule has 0 aromatic heterocycles. The molecule has 0 spiro atoms. The quantitative estimate of drug-likeness (QED) is 0.202. The second kappa shape index (κ2) is 9.61. The Balaban J connectivity index is 1.73. The third kappa shape index (κ3) is 5.00. The van der Waals surface area contributed by atoms with Gasteiger partial charge in [-0.2, -0.15) is 26.3 Å². The lowest BCUT2D eigenvalue weighted by Gasteiger charge is -2.38. The van der Waals surface area contributed by atoms with E-state index in [1.54, 1.807) is 30.3 Å². The van der Waals surface area contributed by atoms with Crippen LogP contribution in [0.2, 0.25) is 0 Å². The van der Waals surface area contributed by atoms with Crippen molar-refractivity contribution < 1.29 is 35.8 Å². The molecular weight excluding hydrogens is 498 g/mol. The lowest BCUT2D eigenvalue weighted by atomic mass is 9.73. The zero-order valence-corrected chi connectivity index (χ0v) is 19.0. The molecule has 0 aliphatic heterocycles. The van der Waals surface area contributed by atoms with E-state index in [-0.39, 0.29) is 22.9 Å². The van der Waals surface area contributed by atoms with Gasteiger partial charge in [-0.3, -0.25) is 0 Å². The van der Waals surface area contributed by atoms with Crippen LogP contribution < -0.4 is 20.9 Å². The Labute approximate surface area is 208 Å². The van der Waals surface area contributed by atoms with Gasteiger partial charge in [0.15, 0.2) is 0 Å². The van der Waals surface area contributed by atoms with E-state index < -0.39 is 28.9 Å². The molecule has 4 N–H and O–H groups in total. The molecule has 192 valence electrons. The highest BCUT2D eigenvalue weighted by atomic mass is 19.4. The predicted octanol–water partition coefficient (Wildman–Crippen LogP) is 7.85. The average Bonchev–Trinajstić information content (AvgIpc) is 2.83. The lowest BCUT2D eigenvalue weighted by Crippen LogP contribution is -2.54. The van der Waals surface area contributed by atoms with Crippen molar-refractivity contribution in [2.75, 3.05) is 11.5 Å². The highest BCUT2D eigenvalue weighted by molar-refractivity contribution is 5.54. The van der Waals surface area contributed by atoms with Crippen LogP contribution in [0.3, 0.4) is 0 Å². The van der Waals surface area contributed by atoms with Crippen molar-refractivity contribution >= 4 is 11.4 Å². The molecule has 0 amide bonds. The molecule has 0 atom stereocenters. The number of hydrogen-bond donors (Lipinski definition) is 2. The minimum Gasteiger partial charge on any atom is -0.457 e. The lowest BCUT2D eigenvalue weighted by molar-refractivity contribution is -0.288. The molecule has 4 aromatic carbocycles. The van der Waals surface area contributed by atoms with Gasteiger partial charge >= 0.3 is 12.4 Å². The maximum Gasteiger partial charge on any atom is 0.411 e. The fourth-order valence-electron chi connectivity index (χ4n) is 3.90. The first-order valence-electron chi connectivity index (χ1n) is 10.8. The van der Waals surface area contributed by atoms with Gasteiger partial charge in [0.25, 0.3) is 0 Å². The summed E-state index contributed by atoms with van der Waals surface area (Å²) in [5.41, 5.74) is 5.77. The van der Waals surface area contributed by atoms with Crippen LogP contribution in [0.1, 0.15) is 11.1 Å². The summed E-state index contributed by atoms with van der Waals surface area (Å²) in [6.07, 6.45) is -11.5. The Bertz CT molecular complexity index is 1340. The maximum absolute atomic E-state index is 14.4. The van der Waals surface area contributed by atoms with Crippen LogP contribution in [-0.2, 0) is 5.41 Å². The van der Waals surface area contributed by atoms with Gasteiger partial charge in [0, 0.05) is 5.69 Å². The van der Waals surface area contributed by atoms with Crippen LogP contribution in [0.15, 0.2) is 97.1 Å². The Morgan fingerprint density at radius 3 is 1.32 bits per heavy atom. The predicted molar refractivity (Wildman–Crippen MR) is 128 cm³/mol. The zero-order chi connectivity index (χ0) is 26.8. The van der Waals surface area contributed by atoms with Crippen LogP contribution in [0.5, 0.6) is 23.0 Å². The molecule has 4 nitrogen and oxygen atoms in total. The molecule has 0 unspecified atom stereocenters. The number of rotatable bonds is 6. The molecule has 0 aliphatic rings. The summed E-state index contributed by atoms with van der Waals surface area (Å²) in [6, 6.07) is 19.6. The number of nitrogen functional groups attached to an aromatic ring is 2. The number of alkyl halides is 6. The smallest absolute Gasteiger partial charge is 0.411 e. The summed E-state index contributed by atoms with van der Waals surface area (Å²) in [5.74, 6) is 0.599. The maximum atomic E-state index is 14.4. The summed E-state index contributed by atoms with van der Waals surface area (Å²) in [5, 5.41) is 0. The van der Waals surface area contributed by atoms with Crippen molar-refractivity contribution in [3.8, 4) is 23.0 Å². The normalized spacial score (nSPS) is 12.3. The largest absolute Gasteiger partial charge is 0.457 e. The van der Waals surface area contributed by atoms with E-state index in [4.69, 9.17) is 20.9 Å². The van der Waals surface area contributed by atoms with Crippen LogP contribution in [-0.4, -0.2) is 12.4 Å². The van der Waals surface area contributed by atoms with Gasteiger partial charge in [0.2, 0.25) is 5.41 Å². The summed E-state index contributed by atoms with van der Waals surface area (Å²) in [4.78, 5) is 0. The second-order valence-corrected chi connectivity index (χ2v) is 8.11. The van der Waals surface area contributed by atoms with E-state index in [2.05, 4.69) is 0 Å². The van der Waals surface area contributed by atoms with Gasteiger partial charge in [0.1, 0.15) is 23.0 Å². The van der Waals surface area contributed by atoms with E-state index in [1.165, 1.54) is 18.2 Å². The average molecular weight is 518 g/mol. The SMILES string of the molecule is Nc1ccc(Oc2ccc(C(c3ccc(Oc4ccccc4N)cc3)(C(F)(F)F)C(F)(F)F)cc2)cc1. The Kier molecular flexibility index (Phi) is 6.68. The highest BCUT2D eigenvalue weighted by Crippen LogP contribution is 2.56. The number of para-hydroxylation sites is 2. The van der Waals surface area contributed by atoms with E-state index in [9.17, 15) is 26.3 Å². The summed E-state index contributed by atoms with van der Waals surface area (Å²) in [6.45, 7) is 0. The number of benzene rings is 4. The first kappa shape index (κ1) is 25.7. The van der Waals surface area contributed by atoms with Crippen molar-refractivity contribution in [2.45, 2.75) is 17.8 Å². The first-order chi connectivity index (χ1) is 17.4. The third-order valence-corrected chi connectivity index (χ3v) is 5.69. The van der Waals surface area contributed by atoms with E-state index in [0.717, 1.165) is 48.5 Å². The Morgan fingerprint density at radius 1 is 0.486 bits per heavy atom. The Hall–Kier alpha value is -4.34. The van der Waals surface area contributed by atoms with Gasteiger partial charge in [-0.15, -0.1) is 0 Å². The molecule has 4 rings (SSSR count).